The zero-order chi connectivity index (χ0) is 13.9. The molecule has 0 aliphatic carbocycles. The van der Waals surface area contributed by atoms with Crippen molar-refractivity contribution in [2.45, 2.75) is 13.3 Å². The maximum atomic E-state index is 11.6. The Bertz CT molecular complexity index is 552. The summed E-state index contributed by atoms with van der Waals surface area (Å²) in [4.78, 5) is 11.0. The molecule has 1 aromatic rings. The Labute approximate surface area is 106 Å². The average Bonchev–Trinajstić information content (AvgIpc) is 2.21. The van der Waals surface area contributed by atoms with Gasteiger partial charge in [0, 0.05) is 20.5 Å². The third kappa shape index (κ3) is 3.71. The Morgan fingerprint density at radius 3 is 2.50 bits per heavy atom. The fraction of sp³-hybridized carbons (Fsp3) is 0.364. The molecule has 100 valence electrons. The van der Waals surface area contributed by atoms with E-state index in [0.29, 0.717) is 5.56 Å². The number of phenols is 1. The van der Waals surface area contributed by atoms with E-state index >= 15 is 0 Å². The van der Waals surface area contributed by atoms with Gasteiger partial charge in [-0.15, -0.1) is 0 Å². The number of nitrogens with one attached hydrogen (secondary N) is 1. The van der Waals surface area contributed by atoms with Crippen LogP contribution in [0.5, 0.6) is 5.75 Å². The number of aromatic hydroxyl groups is 1. The van der Waals surface area contributed by atoms with Crippen LogP contribution in [0.4, 0.5) is 5.69 Å². The van der Waals surface area contributed by atoms with E-state index in [2.05, 4.69) is 4.72 Å². The summed E-state index contributed by atoms with van der Waals surface area (Å²) < 4.78 is 26.5. The SMILES string of the molecule is CC(=O)Cc1ccc(O)c(NS(=O)(=O)N(C)C)c1. The first kappa shape index (κ1) is 14.5. The van der Waals surface area contributed by atoms with E-state index in [1.807, 2.05) is 0 Å². The summed E-state index contributed by atoms with van der Waals surface area (Å²) in [6, 6.07) is 4.37. The van der Waals surface area contributed by atoms with Crippen molar-refractivity contribution in [1.29, 1.82) is 0 Å². The maximum absolute atomic E-state index is 11.6. The van der Waals surface area contributed by atoms with Crippen molar-refractivity contribution in [3.63, 3.8) is 0 Å². The third-order valence-corrected chi connectivity index (χ3v) is 3.67. The van der Waals surface area contributed by atoms with Gasteiger partial charge in [0.25, 0.3) is 0 Å². The lowest BCUT2D eigenvalue weighted by Gasteiger charge is -2.14. The van der Waals surface area contributed by atoms with Crippen molar-refractivity contribution >= 4 is 21.7 Å². The molecule has 0 aliphatic rings. The van der Waals surface area contributed by atoms with Gasteiger partial charge in [-0.1, -0.05) is 6.07 Å². The lowest BCUT2D eigenvalue weighted by atomic mass is 10.1. The molecule has 0 saturated heterocycles. The lowest BCUT2D eigenvalue weighted by molar-refractivity contribution is -0.116. The number of carbonyl (C=O) groups is 1. The molecule has 2 N–H and O–H groups in total. The first-order chi connectivity index (χ1) is 8.22. The predicted molar refractivity (Wildman–Crippen MR) is 68.7 cm³/mol. The highest BCUT2D eigenvalue weighted by atomic mass is 32.2. The van der Waals surface area contributed by atoms with Crippen LogP contribution in [0.25, 0.3) is 0 Å². The van der Waals surface area contributed by atoms with Crippen LogP contribution >= 0.6 is 0 Å². The second-order valence-electron chi connectivity index (χ2n) is 4.12. The number of nitrogens with zero attached hydrogens (tertiary/aromatic N) is 1. The topological polar surface area (TPSA) is 86.7 Å². The van der Waals surface area contributed by atoms with Gasteiger partial charge in [0.15, 0.2) is 0 Å². The maximum Gasteiger partial charge on any atom is 0.301 e. The zero-order valence-corrected chi connectivity index (χ0v) is 11.3. The van der Waals surface area contributed by atoms with Crippen molar-refractivity contribution in [2.75, 3.05) is 18.8 Å². The number of ketones is 1. The largest absolute Gasteiger partial charge is 0.506 e. The monoisotopic (exact) mass is 272 g/mol. The molecule has 0 heterocycles. The fourth-order valence-electron chi connectivity index (χ4n) is 1.29. The normalized spacial score (nSPS) is 11.6. The van der Waals surface area contributed by atoms with Crippen LogP contribution < -0.4 is 4.72 Å². The molecule has 1 rings (SSSR count). The van der Waals surface area contributed by atoms with E-state index in [0.717, 1.165) is 4.31 Å². The molecular formula is C11H16N2O4S. The third-order valence-electron chi connectivity index (χ3n) is 2.23. The van der Waals surface area contributed by atoms with Gasteiger partial charge < -0.3 is 5.11 Å². The highest BCUT2D eigenvalue weighted by molar-refractivity contribution is 7.90. The second-order valence-corrected chi connectivity index (χ2v) is 6.00. The smallest absolute Gasteiger partial charge is 0.301 e. The van der Waals surface area contributed by atoms with E-state index in [1.54, 1.807) is 6.07 Å². The molecular weight excluding hydrogens is 256 g/mol. The lowest BCUT2D eigenvalue weighted by Crippen LogP contribution is -2.29. The molecule has 6 nitrogen and oxygen atoms in total. The van der Waals surface area contributed by atoms with Crippen molar-refractivity contribution < 1.29 is 18.3 Å². The highest BCUT2D eigenvalue weighted by Gasteiger charge is 2.15. The number of phenolic OH excluding ortho intramolecular Hbond substituents is 1. The first-order valence-corrected chi connectivity index (χ1v) is 6.68. The van der Waals surface area contributed by atoms with Crippen molar-refractivity contribution in [3.05, 3.63) is 23.8 Å². The van der Waals surface area contributed by atoms with Crippen molar-refractivity contribution in [2.24, 2.45) is 0 Å². The van der Waals surface area contributed by atoms with Gasteiger partial charge in [-0.3, -0.25) is 9.52 Å². The minimum Gasteiger partial charge on any atom is -0.506 e. The molecule has 0 fully saturated rings. The van der Waals surface area contributed by atoms with Gasteiger partial charge in [0.2, 0.25) is 0 Å². The van der Waals surface area contributed by atoms with E-state index < -0.39 is 10.2 Å². The molecule has 1 aromatic carbocycles. The number of hydrogen-bond donors (Lipinski definition) is 2. The molecule has 0 saturated carbocycles. The summed E-state index contributed by atoms with van der Waals surface area (Å²) in [7, 11) is -0.933. The van der Waals surface area contributed by atoms with Crippen LogP contribution in [-0.2, 0) is 21.4 Å². The van der Waals surface area contributed by atoms with Gasteiger partial charge >= 0.3 is 10.2 Å². The molecule has 7 heteroatoms. The molecule has 0 amide bonds. The van der Waals surface area contributed by atoms with Crippen LogP contribution in [0.1, 0.15) is 12.5 Å². The van der Waals surface area contributed by atoms with Gasteiger partial charge in [0.1, 0.15) is 11.5 Å². The Balaban J connectivity index is 3.05. The molecule has 0 aromatic heterocycles. The second kappa shape index (κ2) is 5.36. The summed E-state index contributed by atoms with van der Waals surface area (Å²) in [5.74, 6) is -0.227. The van der Waals surface area contributed by atoms with E-state index in [9.17, 15) is 18.3 Å². The van der Waals surface area contributed by atoms with Gasteiger partial charge in [-0.05, 0) is 24.6 Å². The first-order valence-electron chi connectivity index (χ1n) is 5.24. The van der Waals surface area contributed by atoms with Gasteiger partial charge in [0.05, 0.1) is 5.69 Å². The highest BCUT2D eigenvalue weighted by Crippen LogP contribution is 2.25. The van der Waals surface area contributed by atoms with Crippen LogP contribution in [-0.4, -0.2) is 37.7 Å². The Morgan fingerprint density at radius 2 is 2.00 bits per heavy atom. The summed E-state index contributed by atoms with van der Waals surface area (Å²) >= 11 is 0. The molecule has 0 radical (unpaired) electrons. The minimum absolute atomic E-state index is 0.0397. The van der Waals surface area contributed by atoms with Gasteiger partial charge in [-0.2, -0.15) is 12.7 Å². The van der Waals surface area contributed by atoms with Gasteiger partial charge in [-0.25, -0.2) is 0 Å². The van der Waals surface area contributed by atoms with Crippen molar-refractivity contribution in [3.8, 4) is 5.75 Å². The number of Topliss-reactive ketones (excluding diaryl/α,β-unsaturated/α-hetero) is 1. The number of carbonyl (C=O) groups excluding carboxylic acids is 1. The fourth-order valence-corrected chi connectivity index (χ4v) is 1.92. The Hall–Kier alpha value is -1.60. The standard InChI is InChI=1S/C11H16N2O4S/c1-8(14)6-9-4-5-11(15)10(7-9)12-18(16,17)13(2)3/h4-5,7,12,15H,6H2,1-3H3. The summed E-state index contributed by atoms with van der Waals surface area (Å²) in [5, 5.41) is 9.58. The Kier molecular flexibility index (Phi) is 4.31. The molecule has 0 aliphatic heterocycles. The quantitative estimate of drug-likeness (QED) is 0.774. The summed E-state index contributed by atoms with van der Waals surface area (Å²) in [6.07, 6.45) is 0.191. The number of rotatable bonds is 5. The van der Waals surface area contributed by atoms with E-state index in [4.69, 9.17) is 0 Å². The van der Waals surface area contributed by atoms with E-state index in [1.165, 1.54) is 33.2 Å². The Morgan fingerprint density at radius 1 is 1.39 bits per heavy atom. The number of hydrogen-bond acceptors (Lipinski definition) is 4. The molecule has 18 heavy (non-hydrogen) atoms. The molecule has 0 bridgehead atoms. The predicted octanol–water partition coefficient (Wildman–Crippen LogP) is 0.742. The molecule has 0 spiro atoms. The number of anilines is 1. The van der Waals surface area contributed by atoms with Crippen LogP contribution in [0.3, 0.4) is 0 Å². The number of benzene rings is 1. The zero-order valence-electron chi connectivity index (χ0n) is 10.5. The van der Waals surface area contributed by atoms with Crippen LogP contribution in [0, 0.1) is 0 Å². The van der Waals surface area contributed by atoms with E-state index in [-0.39, 0.29) is 23.6 Å². The average molecular weight is 272 g/mol. The molecule has 0 atom stereocenters. The van der Waals surface area contributed by atoms with Crippen LogP contribution in [0.2, 0.25) is 0 Å². The van der Waals surface area contributed by atoms with Crippen LogP contribution in [0.15, 0.2) is 18.2 Å². The minimum atomic E-state index is -3.68. The molecule has 0 unspecified atom stereocenters. The summed E-state index contributed by atoms with van der Waals surface area (Å²) in [5.41, 5.74) is 0.694. The van der Waals surface area contributed by atoms with Crippen molar-refractivity contribution in [1.82, 2.24) is 4.31 Å². The summed E-state index contributed by atoms with van der Waals surface area (Å²) in [6.45, 7) is 1.44.